The lowest BCUT2D eigenvalue weighted by molar-refractivity contribution is 0.112. The molecule has 2 heterocycles. The first kappa shape index (κ1) is 10.8. The Kier molecular flexibility index (Phi) is 2.96. The molecule has 0 saturated carbocycles. The van der Waals surface area contributed by atoms with Crippen LogP contribution in [0.25, 0.3) is 11.3 Å². The van der Waals surface area contributed by atoms with E-state index in [0.29, 0.717) is 17.5 Å². The highest BCUT2D eigenvalue weighted by Crippen LogP contribution is 2.23. The van der Waals surface area contributed by atoms with Gasteiger partial charge in [-0.25, -0.2) is 9.97 Å². The van der Waals surface area contributed by atoms with Crippen LogP contribution in [0.5, 0.6) is 0 Å². The minimum absolute atomic E-state index is 0.157. The number of hydrogen-bond donors (Lipinski definition) is 0. The third kappa shape index (κ3) is 1.81. The van der Waals surface area contributed by atoms with Crippen molar-refractivity contribution in [3.63, 3.8) is 0 Å². The standard InChI is InChI=1S/C10H9ClN4O/c1-2-15-4-7(3-14-15)9-8(5-16)10(11)13-6-12-9/h3-6H,2H2,1H3. The molecule has 0 bridgehead atoms. The van der Waals surface area contributed by atoms with Crippen LogP contribution in [-0.2, 0) is 6.54 Å². The Morgan fingerprint density at radius 3 is 2.94 bits per heavy atom. The maximum absolute atomic E-state index is 10.9. The van der Waals surface area contributed by atoms with Gasteiger partial charge in [0.05, 0.1) is 17.5 Å². The van der Waals surface area contributed by atoms with Crippen molar-refractivity contribution in [2.24, 2.45) is 0 Å². The van der Waals surface area contributed by atoms with Crippen LogP contribution in [0.3, 0.4) is 0 Å². The predicted octanol–water partition coefficient (Wildman–Crippen LogP) is 1.83. The zero-order chi connectivity index (χ0) is 11.5. The van der Waals surface area contributed by atoms with Gasteiger partial charge in [0.2, 0.25) is 0 Å². The van der Waals surface area contributed by atoms with Gasteiger partial charge in [-0.15, -0.1) is 0 Å². The van der Waals surface area contributed by atoms with Gasteiger partial charge in [-0.05, 0) is 6.92 Å². The van der Waals surface area contributed by atoms with Crippen molar-refractivity contribution >= 4 is 17.9 Å². The molecular weight excluding hydrogens is 228 g/mol. The number of hydrogen-bond acceptors (Lipinski definition) is 4. The maximum atomic E-state index is 10.9. The Hall–Kier alpha value is -1.75. The molecule has 0 unspecified atom stereocenters. The fourth-order valence-electron chi connectivity index (χ4n) is 1.37. The van der Waals surface area contributed by atoms with Crippen LogP contribution in [0.2, 0.25) is 5.15 Å². The van der Waals surface area contributed by atoms with Gasteiger partial charge in [0.1, 0.15) is 11.5 Å². The van der Waals surface area contributed by atoms with Crippen LogP contribution in [0.4, 0.5) is 0 Å². The van der Waals surface area contributed by atoms with E-state index in [1.807, 2.05) is 13.1 Å². The fourth-order valence-corrected chi connectivity index (χ4v) is 1.55. The molecule has 0 aliphatic heterocycles. The third-order valence-corrected chi connectivity index (χ3v) is 2.49. The average molecular weight is 237 g/mol. The summed E-state index contributed by atoms with van der Waals surface area (Å²) in [4.78, 5) is 18.7. The highest BCUT2D eigenvalue weighted by molar-refractivity contribution is 6.32. The first-order valence-corrected chi connectivity index (χ1v) is 5.12. The molecule has 6 heteroatoms. The molecule has 0 N–H and O–H groups in total. The molecule has 2 aromatic rings. The highest BCUT2D eigenvalue weighted by Gasteiger charge is 2.12. The van der Waals surface area contributed by atoms with Crippen molar-refractivity contribution in [1.29, 1.82) is 0 Å². The second-order valence-electron chi connectivity index (χ2n) is 3.13. The van der Waals surface area contributed by atoms with Gasteiger partial charge in [-0.3, -0.25) is 9.48 Å². The van der Waals surface area contributed by atoms with Crippen molar-refractivity contribution in [3.8, 4) is 11.3 Å². The van der Waals surface area contributed by atoms with Crippen molar-refractivity contribution in [3.05, 3.63) is 29.4 Å². The largest absolute Gasteiger partial charge is 0.298 e. The smallest absolute Gasteiger partial charge is 0.155 e. The monoisotopic (exact) mass is 236 g/mol. The molecule has 0 aliphatic rings. The van der Waals surface area contributed by atoms with Crippen molar-refractivity contribution in [2.45, 2.75) is 13.5 Å². The molecule has 0 saturated heterocycles. The van der Waals surface area contributed by atoms with Gasteiger partial charge in [0.15, 0.2) is 6.29 Å². The first-order chi connectivity index (χ1) is 7.76. The number of aromatic nitrogens is 4. The number of aldehydes is 1. The minimum atomic E-state index is 0.157. The number of aryl methyl sites for hydroxylation is 1. The maximum Gasteiger partial charge on any atom is 0.155 e. The molecule has 0 aliphatic carbocycles. The lowest BCUT2D eigenvalue weighted by atomic mass is 10.1. The molecule has 16 heavy (non-hydrogen) atoms. The van der Waals surface area contributed by atoms with Crippen LogP contribution < -0.4 is 0 Å². The van der Waals surface area contributed by atoms with Gasteiger partial charge in [0.25, 0.3) is 0 Å². The summed E-state index contributed by atoms with van der Waals surface area (Å²) in [5.41, 5.74) is 1.56. The van der Waals surface area contributed by atoms with Crippen molar-refractivity contribution < 1.29 is 4.79 Å². The van der Waals surface area contributed by atoms with Crippen LogP contribution in [0, 0.1) is 0 Å². The quantitative estimate of drug-likeness (QED) is 0.603. The van der Waals surface area contributed by atoms with Gasteiger partial charge < -0.3 is 0 Å². The van der Waals surface area contributed by atoms with Crippen LogP contribution >= 0.6 is 11.6 Å². The van der Waals surface area contributed by atoms with Gasteiger partial charge in [0, 0.05) is 18.3 Å². The molecule has 0 aromatic carbocycles. The first-order valence-electron chi connectivity index (χ1n) is 4.74. The third-order valence-electron chi connectivity index (χ3n) is 2.18. The zero-order valence-corrected chi connectivity index (χ0v) is 9.35. The van der Waals surface area contributed by atoms with Gasteiger partial charge in [-0.1, -0.05) is 11.6 Å². The predicted molar refractivity (Wildman–Crippen MR) is 59.3 cm³/mol. The summed E-state index contributed by atoms with van der Waals surface area (Å²) in [5, 5.41) is 4.27. The number of halogens is 1. The van der Waals surface area contributed by atoms with Crippen molar-refractivity contribution in [2.75, 3.05) is 0 Å². The molecule has 2 aromatic heterocycles. The van der Waals surface area contributed by atoms with E-state index in [1.165, 1.54) is 6.33 Å². The molecule has 0 spiro atoms. The Bertz CT molecular complexity index is 523. The average Bonchev–Trinajstić information content (AvgIpc) is 2.77. The van der Waals surface area contributed by atoms with Crippen LogP contribution in [0.15, 0.2) is 18.7 Å². The Morgan fingerprint density at radius 1 is 1.50 bits per heavy atom. The number of nitrogens with zero attached hydrogens (tertiary/aromatic N) is 4. The lowest BCUT2D eigenvalue weighted by Crippen LogP contribution is -1.95. The molecule has 0 radical (unpaired) electrons. The van der Waals surface area contributed by atoms with E-state index in [2.05, 4.69) is 15.1 Å². The number of carbonyl (C=O) groups is 1. The zero-order valence-electron chi connectivity index (χ0n) is 8.59. The molecule has 0 amide bonds. The van der Waals surface area contributed by atoms with Crippen LogP contribution in [0.1, 0.15) is 17.3 Å². The van der Waals surface area contributed by atoms with E-state index >= 15 is 0 Å². The summed E-state index contributed by atoms with van der Waals surface area (Å²) in [6, 6.07) is 0. The van der Waals surface area contributed by atoms with Crippen molar-refractivity contribution in [1.82, 2.24) is 19.7 Å². The second-order valence-corrected chi connectivity index (χ2v) is 3.49. The summed E-state index contributed by atoms with van der Waals surface area (Å²) in [6.45, 7) is 2.74. The van der Waals surface area contributed by atoms with Crippen LogP contribution in [-0.4, -0.2) is 26.0 Å². The highest BCUT2D eigenvalue weighted by atomic mass is 35.5. The summed E-state index contributed by atoms with van der Waals surface area (Å²) < 4.78 is 1.75. The minimum Gasteiger partial charge on any atom is -0.298 e. The molecule has 0 atom stereocenters. The van der Waals surface area contributed by atoms with E-state index < -0.39 is 0 Å². The summed E-state index contributed by atoms with van der Waals surface area (Å²) in [7, 11) is 0. The molecule has 5 nitrogen and oxygen atoms in total. The second kappa shape index (κ2) is 4.40. The van der Waals surface area contributed by atoms with Gasteiger partial charge >= 0.3 is 0 Å². The van der Waals surface area contributed by atoms with E-state index in [-0.39, 0.29) is 5.15 Å². The Labute approximate surface area is 97.1 Å². The summed E-state index contributed by atoms with van der Waals surface area (Å²) >= 11 is 5.81. The van der Waals surface area contributed by atoms with E-state index in [0.717, 1.165) is 12.1 Å². The Balaban J connectivity index is 2.54. The lowest BCUT2D eigenvalue weighted by Gasteiger charge is -2.01. The Morgan fingerprint density at radius 2 is 2.31 bits per heavy atom. The van der Waals surface area contributed by atoms with E-state index in [1.54, 1.807) is 10.9 Å². The normalized spacial score (nSPS) is 10.4. The molecule has 82 valence electrons. The summed E-state index contributed by atoms with van der Waals surface area (Å²) in [6.07, 6.45) is 5.44. The molecular formula is C10H9ClN4O. The SMILES string of the molecule is CCn1cc(-c2ncnc(Cl)c2C=O)cn1. The topological polar surface area (TPSA) is 60.7 Å². The van der Waals surface area contributed by atoms with Gasteiger partial charge in [-0.2, -0.15) is 5.10 Å². The van der Waals surface area contributed by atoms with E-state index in [9.17, 15) is 4.79 Å². The molecule has 2 rings (SSSR count). The number of rotatable bonds is 3. The fraction of sp³-hybridized carbons (Fsp3) is 0.200. The number of carbonyl (C=O) groups excluding carboxylic acids is 1. The van der Waals surface area contributed by atoms with E-state index in [4.69, 9.17) is 11.6 Å². The summed E-state index contributed by atoms with van der Waals surface area (Å²) in [5.74, 6) is 0. The molecule has 0 fully saturated rings.